The molecule has 0 aliphatic rings. The molecule has 0 saturated carbocycles. The van der Waals surface area contributed by atoms with Gasteiger partial charge in [-0.15, -0.1) is 0 Å². The topological polar surface area (TPSA) is 110 Å². The standard InChI is InChI=1S/C23H33ClN4O4/c1-5-6-11-27(20-21(25)28(14-15(2)3)23(31)26-22(20)30)19(29)8-7-12-32-18-10-9-17(24)13-16(18)4/h9-10,13,15H,5-8,11-12,14,25H2,1-4H3,(H,26,30,31). The zero-order chi connectivity index (χ0) is 23.8. The van der Waals surface area contributed by atoms with Gasteiger partial charge in [0.2, 0.25) is 5.91 Å². The number of aryl methyl sites for hydroxylation is 1. The normalized spacial score (nSPS) is 11.1. The van der Waals surface area contributed by atoms with E-state index < -0.39 is 11.2 Å². The second-order valence-electron chi connectivity index (χ2n) is 8.26. The molecule has 1 aromatic heterocycles. The summed E-state index contributed by atoms with van der Waals surface area (Å²) >= 11 is 5.96. The molecular formula is C23H33ClN4O4. The smallest absolute Gasteiger partial charge is 0.330 e. The molecule has 8 nitrogen and oxygen atoms in total. The maximum absolute atomic E-state index is 13.1. The summed E-state index contributed by atoms with van der Waals surface area (Å²) in [6.07, 6.45) is 2.19. The highest BCUT2D eigenvalue weighted by Gasteiger charge is 2.24. The van der Waals surface area contributed by atoms with Crippen LogP contribution in [0.1, 0.15) is 52.0 Å². The van der Waals surface area contributed by atoms with E-state index >= 15 is 0 Å². The number of carbonyl (C=O) groups is 1. The van der Waals surface area contributed by atoms with Crippen LogP contribution in [0.25, 0.3) is 0 Å². The number of nitrogens with one attached hydrogen (secondary N) is 1. The van der Waals surface area contributed by atoms with Crippen LogP contribution in [-0.2, 0) is 11.3 Å². The molecule has 0 fully saturated rings. The van der Waals surface area contributed by atoms with Gasteiger partial charge in [0.15, 0.2) is 5.69 Å². The van der Waals surface area contributed by atoms with Gasteiger partial charge >= 0.3 is 5.69 Å². The highest BCUT2D eigenvalue weighted by molar-refractivity contribution is 6.30. The number of H-pyrrole nitrogens is 1. The molecule has 2 aromatic rings. The first-order valence-electron chi connectivity index (χ1n) is 11.0. The van der Waals surface area contributed by atoms with Crippen LogP contribution in [-0.4, -0.2) is 28.6 Å². The summed E-state index contributed by atoms with van der Waals surface area (Å²) in [6.45, 7) is 8.82. The van der Waals surface area contributed by atoms with Crippen molar-refractivity contribution < 1.29 is 9.53 Å². The van der Waals surface area contributed by atoms with Gasteiger partial charge in [-0.25, -0.2) is 4.79 Å². The lowest BCUT2D eigenvalue weighted by Gasteiger charge is -2.25. The number of nitrogen functional groups attached to an aromatic ring is 1. The van der Waals surface area contributed by atoms with Crippen LogP contribution in [0, 0.1) is 12.8 Å². The molecule has 1 heterocycles. The molecule has 32 heavy (non-hydrogen) atoms. The molecule has 0 radical (unpaired) electrons. The van der Waals surface area contributed by atoms with Crippen LogP contribution >= 0.6 is 11.6 Å². The average molecular weight is 465 g/mol. The van der Waals surface area contributed by atoms with Crippen molar-refractivity contribution in [1.29, 1.82) is 0 Å². The van der Waals surface area contributed by atoms with Gasteiger partial charge in [0.1, 0.15) is 11.6 Å². The van der Waals surface area contributed by atoms with Crippen molar-refractivity contribution in [3.8, 4) is 5.75 Å². The van der Waals surface area contributed by atoms with Crippen molar-refractivity contribution in [3.05, 3.63) is 49.6 Å². The molecule has 9 heteroatoms. The molecule has 1 aromatic carbocycles. The van der Waals surface area contributed by atoms with Crippen LogP contribution in [0.2, 0.25) is 5.02 Å². The number of hydrogen-bond acceptors (Lipinski definition) is 5. The third-order valence-electron chi connectivity index (χ3n) is 5.00. The first kappa shape index (κ1) is 25.5. The fourth-order valence-electron chi connectivity index (χ4n) is 3.38. The Morgan fingerprint density at radius 3 is 2.62 bits per heavy atom. The van der Waals surface area contributed by atoms with Crippen molar-refractivity contribution in [3.63, 3.8) is 0 Å². The molecule has 0 unspecified atom stereocenters. The molecule has 3 N–H and O–H groups in total. The van der Waals surface area contributed by atoms with Crippen LogP contribution in [0.15, 0.2) is 27.8 Å². The quantitative estimate of drug-likeness (QED) is 0.492. The second-order valence-corrected chi connectivity index (χ2v) is 8.69. The first-order valence-corrected chi connectivity index (χ1v) is 11.3. The number of anilines is 2. The molecule has 0 aliphatic carbocycles. The van der Waals surface area contributed by atoms with Gasteiger partial charge in [0, 0.05) is 24.5 Å². The Morgan fingerprint density at radius 1 is 1.28 bits per heavy atom. The van der Waals surface area contributed by atoms with E-state index in [-0.39, 0.29) is 29.8 Å². The minimum Gasteiger partial charge on any atom is -0.493 e. The van der Waals surface area contributed by atoms with Gasteiger partial charge < -0.3 is 15.4 Å². The largest absolute Gasteiger partial charge is 0.493 e. The lowest BCUT2D eigenvalue weighted by molar-refractivity contribution is -0.118. The number of aromatic amines is 1. The minimum absolute atomic E-state index is 0.0185. The Kier molecular flexibility index (Phi) is 9.38. The predicted molar refractivity (Wildman–Crippen MR) is 129 cm³/mol. The molecule has 2 rings (SSSR count). The number of benzene rings is 1. The number of halogens is 1. The number of nitrogens with two attached hydrogens (primary N) is 1. The minimum atomic E-state index is -0.648. The number of amides is 1. The van der Waals surface area contributed by atoms with E-state index in [0.29, 0.717) is 43.3 Å². The van der Waals surface area contributed by atoms with E-state index in [9.17, 15) is 14.4 Å². The third-order valence-corrected chi connectivity index (χ3v) is 5.23. The summed E-state index contributed by atoms with van der Waals surface area (Å²) in [5.41, 5.74) is 5.96. The van der Waals surface area contributed by atoms with Gasteiger partial charge in [-0.3, -0.25) is 19.1 Å². The lowest BCUT2D eigenvalue weighted by atomic mass is 10.2. The number of rotatable bonds is 11. The Bertz CT molecular complexity index is 1050. The van der Waals surface area contributed by atoms with E-state index in [1.807, 2.05) is 33.8 Å². The molecular weight excluding hydrogens is 432 g/mol. The van der Waals surface area contributed by atoms with E-state index in [0.717, 1.165) is 12.0 Å². The number of carbonyl (C=O) groups excluding carboxylic acids is 1. The number of ether oxygens (including phenoxy) is 1. The summed E-state index contributed by atoms with van der Waals surface area (Å²) in [5.74, 6) is 0.639. The highest BCUT2D eigenvalue weighted by atomic mass is 35.5. The summed E-state index contributed by atoms with van der Waals surface area (Å²) < 4.78 is 7.09. The fourth-order valence-corrected chi connectivity index (χ4v) is 3.60. The van der Waals surface area contributed by atoms with Crippen molar-refractivity contribution in [2.75, 3.05) is 23.8 Å². The van der Waals surface area contributed by atoms with E-state index in [2.05, 4.69) is 4.98 Å². The van der Waals surface area contributed by atoms with E-state index in [4.69, 9.17) is 22.1 Å². The molecule has 1 amide bonds. The Balaban J connectivity index is 2.17. The molecule has 0 saturated heterocycles. The summed E-state index contributed by atoms with van der Waals surface area (Å²) in [7, 11) is 0. The Labute approximate surface area is 193 Å². The van der Waals surface area contributed by atoms with Crippen LogP contribution in [0.4, 0.5) is 11.5 Å². The molecule has 0 aliphatic heterocycles. The first-order chi connectivity index (χ1) is 15.1. The summed E-state index contributed by atoms with van der Waals surface area (Å²) in [6, 6.07) is 5.36. The zero-order valence-electron chi connectivity index (χ0n) is 19.2. The summed E-state index contributed by atoms with van der Waals surface area (Å²) in [4.78, 5) is 41.6. The number of unbranched alkanes of at least 4 members (excludes halogenated alkanes) is 1. The third kappa shape index (κ3) is 6.63. The number of nitrogens with zero attached hydrogens (tertiary/aromatic N) is 2. The van der Waals surface area contributed by atoms with Gasteiger partial charge in [-0.2, -0.15) is 0 Å². The Hall–Kier alpha value is -2.74. The lowest BCUT2D eigenvalue weighted by Crippen LogP contribution is -2.42. The SMILES string of the molecule is CCCCN(C(=O)CCCOc1ccc(Cl)cc1C)c1c(N)n(CC(C)C)c(=O)[nH]c1=O. The molecule has 176 valence electrons. The summed E-state index contributed by atoms with van der Waals surface area (Å²) in [5, 5.41) is 0.637. The second kappa shape index (κ2) is 11.8. The average Bonchev–Trinajstić information content (AvgIpc) is 2.71. The Morgan fingerprint density at radius 2 is 2.00 bits per heavy atom. The zero-order valence-corrected chi connectivity index (χ0v) is 20.0. The molecule has 0 bridgehead atoms. The van der Waals surface area contributed by atoms with Gasteiger partial charge in [-0.1, -0.05) is 38.8 Å². The molecule has 0 spiro atoms. The highest BCUT2D eigenvalue weighted by Crippen LogP contribution is 2.23. The van der Waals surface area contributed by atoms with E-state index in [1.54, 1.807) is 12.1 Å². The van der Waals surface area contributed by atoms with Crippen LogP contribution in [0.5, 0.6) is 5.75 Å². The van der Waals surface area contributed by atoms with Crippen molar-refractivity contribution in [1.82, 2.24) is 9.55 Å². The fraction of sp³-hybridized carbons (Fsp3) is 0.522. The van der Waals surface area contributed by atoms with Gasteiger partial charge in [0.05, 0.1) is 6.61 Å². The van der Waals surface area contributed by atoms with E-state index in [1.165, 1.54) is 9.47 Å². The maximum atomic E-state index is 13.1. The van der Waals surface area contributed by atoms with Crippen molar-refractivity contribution >= 4 is 29.0 Å². The van der Waals surface area contributed by atoms with Crippen LogP contribution in [0.3, 0.4) is 0 Å². The van der Waals surface area contributed by atoms with Gasteiger partial charge in [0.25, 0.3) is 5.56 Å². The van der Waals surface area contributed by atoms with Gasteiger partial charge in [-0.05, 0) is 49.4 Å². The monoisotopic (exact) mass is 464 g/mol. The van der Waals surface area contributed by atoms with Crippen LogP contribution < -0.4 is 26.6 Å². The predicted octanol–water partition coefficient (Wildman–Crippen LogP) is 3.73. The molecule has 0 atom stereocenters. The van der Waals surface area contributed by atoms with Crippen molar-refractivity contribution in [2.24, 2.45) is 5.92 Å². The van der Waals surface area contributed by atoms with Crippen molar-refractivity contribution in [2.45, 2.75) is 59.9 Å². The number of hydrogen-bond donors (Lipinski definition) is 2. The number of aromatic nitrogens is 2. The maximum Gasteiger partial charge on any atom is 0.330 e.